The highest BCUT2D eigenvalue weighted by Crippen LogP contribution is 2.17. The normalized spacial score (nSPS) is 10.8. The van der Waals surface area contributed by atoms with Gasteiger partial charge in [0, 0.05) is 18.3 Å². The highest BCUT2D eigenvalue weighted by molar-refractivity contribution is 7.92. The molecule has 0 atom stereocenters. The predicted octanol–water partition coefficient (Wildman–Crippen LogP) is 2.47. The Morgan fingerprint density at radius 1 is 0.960 bits per heavy atom. The summed E-state index contributed by atoms with van der Waals surface area (Å²) in [5, 5.41) is 2.61. The zero-order valence-corrected chi connectivity index (χ0v) is 14.8. The van der Waals surface area contributed by atoms with Crippen molar-refractivity contribution >= 4 is 27.3 Å². The molecule has 0 aliphatic heterocycles. The van der Waals surface area contributed by atoms with Gasteiger partial charge in [0.1, 0.15) is 23.9 Å². The number of nitrogens with one attached hydrogen (secondary N) is 2. The molecular weight excluding hydrogens is 344 g/mol. The van der Waals surface area contributed by atoms with Crippen molar-refractivity contribution in [2.75, 3.05) is 29.5 Å². The number of amides is 1. The third-order valence-corrected chi connectivity index (χ3v) is 4.41. The minimum Gasteiger partial charge on any atom is -0.497 e. The maximum Gasteiger partial charge on any atom is 0.236 e. The van der Waals surface area contributed by atoms with Crippen LogP contribution >= 0.6 is 0 Å². The van der Waals surface area contributed by atoms with Crippen molar-refractivity contribution in [2.45, 2.75) is 6.92 Å². The monoisotopic (exact) mass is 364 g/mol. The van der Waals surface area contributed by atoms with E-state index in [0.717, 1.165) is 0 Å². The van der Waals surface area contributed by atoms with Crippen LogP contribution in [0.3, 0.4) is 0 Å². The molecule has 2 rings (SSSR count). The summed E-state index contributed by atoms with van der Waals surface area (Å²) in [6.07, 6.45) is 0. The maximum absolute atomic E-state index is 12.1. The molecule has 0 unspecified atom stereocenters. The van der Waals surface area contributed by atoms with Gasteiger partial charge in [0.25, 0.3) is 0 Å². The van der Waals surface area contributed by atoms with Crippen LogP contribution in [0.4, 0.5) is 11.4 Å². The molecule has 134 valence electrons. The topological polar surface area (TPSA) is 93.7 Å². The molecular formula is C17H20N2O5S. The van der Waals surface area contributed by atoms with Crippen LogP contribution in [0.15, 0.2) is 48.5 Å². The SMILES string of the molecule is COc1ccc(OCCS(=O)(=O)Nc2ccc(NC(C)=O)cc2)cc1. The molecule has 0 heterocycles. The van der Waals surface area contributed by atoms with Crippen LogP contribution in [0.25, 0.3) is 0 Å². The molecule has 0 radical (unpaired) electrons. The van der Waals surface area contributed by atoms with Crippen molar-refractivity contribution in [2.24, 2.45) is 0 Å². The summed E-state index contributed by atoms with van der Waals surface area (Å²) in [5.41, 5.74) is 1.01. The second-order valence-electron chi connectivity index (χ2n) is 5.20. The Morgan fingerprint density at radius 3 is 2.08 bits per heavy atom. The Bertz CT molecular complexity index is 802. The van der Waals surface area contributed by atoms with Gasteiger partial charge in [-0.1, -0.05) is 0 Å². The van der Waals surface area contributed by atoms with Crippen molar-refractivity contribution in [3.63, 3.8) is 0 Å². The Kier molecular flexibility index (Phi) is 6.24. The van der Waals surface area contributed by atoms with E-state index < -0.39 is 10.0 Å². The lowest BCUT2D eigenvalue weighted by atomic mass is 10.3. The number of carbonyl (C=O) groups excluding carboxylic acids is 1. The van der Waals surface area contributed by atoms with Gasteiger partial charge in [0.15, 0.2) is 0 Å². The molecule has 0 spiro atoms. The first-order chi connectivity index (χ1) is 11.9. The van der Waals surface area contributed by atoms with Crippen molar-refractivity contribution < 1.29 is 22.7 Å². The van der Waals surface area contributed by atoms with Crippen molar-refractivity contribution in [1.29, 1.82) is 0 Å². The molecule has 7 nitrogen and oxygen atoms in total. The second kappa shape index (κ2) is 8.39. The van der Waals surface area contributed by atoms with Crippen LogP contribution in [0.5, 0.6) is 11.5 Å². The number of methoxy groups -OCH3 is 1. The minimum absolute atomic E-state index is 0.0195. The number of rotatable bonds is 8. The zero-order valence-electron chi connectivity index (χ0n) is 14.0. The van der Waals surface area contributed by atoms with Crippen LogP contribution in [-0.4, -0.2) is 33.8 Å². The van der Waals surface area contributed by atoms with Crippen molar-refractivity contribution in [3.8, 4) is 11.5 Å². The number of hydrogen-bond donors (Lipinski definition) is 2. The van der Waals surface area contributed by atoms with Gasteiger partial charge in [-0.15, -0.1) is 0 Å². The van der Waals surface area contributed by atoms with Gasteiger partial charge in [0.05, 0.1) is 7.11 Å². The first-order valence-corrected chi connectivity index (χ1v) is 9.18. The molecule has 0 aromatic heterocycles. The smallest absolute Gasteiger partial charge is 0.236 e. The first kappa shape index (κ1) is 18.6. The average Bonchev–Trinajstić information content (AvgIpc) is 2.56. The lowest BCUT2D eigenvalue weighted by Crippen LogP contribution is -2.21. The van der Waals surface area contributed by atoms with E-state index in [9.17, 15) is 13.2 Å². The van der Waals surface area contributed by atoms with Crippen LogP contribution < -0.4 is 19.5 Å². The molecule has 0 saturated heterocycles. The summed E-state index contributed by atoms with van der Waals surface area (Å²) in [4.78, 5) is 11.0. The Morgan fingerprint density at radius 2 is 1.52 bits per heavy atom. The molecule has 2 aromatic carbocycles. The van der Waals surface area contributed by atoms with Gasteiger partial charge in [-0.3, -0.25) is 9.52 Å². The second-order valence-corrected chi connectivity index (χ2v) is 7.05. The number of benzene rings is 2. The Hall–Kier alpha value is -2.74. The van der Waals surface area contributed by atoms with Crippen molar-refractivity contribution in [3.05, 3.63) is 48.5 Å². The molecule has 0 aliphatic rings. The predicted molar refractivity (Wildman–Crippen MR) is 96.6 cm³/mol. The zero-order chi connectivity index (χ0) is 18.3. The largest absolute Gasteiger partial charge is 0.497 e. The van der Waals surface area contributed by atoms with Gasteiger partial charge >= 0.3 is 0 Å². The number of hydrogen-bond acceptors (Lipinski definition) is 5. The van der Waals surface area contributed by atoms with E-state index in [1.807, 2.05) is 0 Å². The molecule has 1 amide bonds. The molecule has 8 heteroatoms. The van der Waals surface area contributed by atoms with Crippen LogP contribution in [0.1, 0.15) is 6.92 Å². The highest BCUT2D eigenvalue weighted by Gasteiger charge is 2.11. The first-order valence-electron chi connectivity index (χ1n) is 7.53. The van der Waals surface area contributed by atoms with Gasteiger partial charge in [-0.05, 0) is 48.5 Å². The lowest BCUT2D eigenvalue weighted by Gasteiger charge is -2.10. The number of ether oxygens (including phenoxy) is 2. The quantitative estimate of drug-likeness (QED) is 0.750. The summed E-state index contributed by atoms with van der Waals surface area (Å²) in [7, 11) is -1.97. The third-order valence-electron chi connectivity index (χ3n) is 3.16. The summed E-state index contributed by atoms with van der Waals surface area (Å²) >= 11 is 0. The van der Waals surface area contributed by atoms with E-state index in [0.29, 0.717) is 22.9 Å². The lowest BCUT2D eigenvalue weighted by molar-refractivity contribution is -0.114. The fraction of sp³-hybridized carbons (Fsp3) is 0.235. The molecule has 25 heavy (non-hydrogen) atoms. The van der Waals surface area contributed by atoms with Gasteiger partial charge in [-0.25, -0.2) is 8.42 Å². The Labute approximate surface area is 147 Å². The fourth-order valence-corrected chi connectivity index (χ4v) is 2.90. The molecule has 2 aromatic rings. The maximum atomic E-state index is 12.1. The third kappa shape index (κ3) is 6.34. The molecule has 0 fully saturated rings. The van der Waals surface area contributed by atoms with E-state index in [4.69, 9.17) is 9.47 Å². The number of carbonyl (C=O) groups is 1. The summed E-state index contributed by atoms with van der Waals surface area (Å²) in [6.45, 7) is 1.42. The highest BCUT2D eigenvalue weighted by atomic mass is 32.2. The molecule has 0 aliphatic carbocycles. The number of sulfonamides is 1. The van der Waals surface area contributed by atoms with Crippen LogP contribution in [0, 0.1) is 0 Å². The van der Waals surface area contributed by atoms with Gasteiger partial charge < -0.3 is 14.8 Å². The molecule has 2 N–H and O–H groups in total. The number of anilines is 2. The summed E-state index contributed by atoms with van der Waals surface area (Å²) in [6, 6.07) is 13.3. The van der Waals surface area contributed by atoms with Crippen LogP contribution in [-0.2, 0) is 14.8 Å². The van der Waals surface area contributed by atoms with E-state index >= 15 is 0 Å². The van der Waals surface area contributed by atoms with E-state index in [1.54, 1.807) is 55.6 Å². The standard InChI is InChI=1S/C17H20N2O5S/c1-13(20)18-14-3-5-15(6-4-14)19-25(21,22)12-11-24-17-9-7-16(23-2)8-10-17/h3-10,19H,11-12H2,1-2H3,(H,18,20). The summed E-state index contributed by atoms with van der Waals surface area (Å²) < 4.78 is 37.1. The van der Waals surface area contributed by atoms with Gasteiger partial charge in [-0.2, -0.15) is 0 Å². The summed E-state index contributed by atoms with van der Waals surface area (Å²) in [5.74, 6) is 0.885. The minimum atomic E-state index is -3.54. The Balaban J connectivity index is 1.85. The molecule has 0 bridgehead atoms. The van der Waals surface area contributed by atoms with Crippen LogP contribution in [0.2, 0.25) is 0 Å². The van der Waals surface area contributed by atoms with Crippen molar-refractivity contribution in [1.82, 2.24) is 0 Å². The van der Waals surface area contributed by atoms with E-state index in [-0.39, 0.29) is 18.3 Å². The average molecular weight is 364 g/mol. The van der Waals surface area contributed by atoms with E-state index in [1.165, 1.54) is 6.92 Å². The fourth-order valence-electron chi connectivity index (χ4n) is 2.00. The van der Waals surface area contributed by atoms with E-state index in [2.05, 4.69) is 10.0 Å². The molecule has 0 saturated carbocycles. The van der Waals surface area contributed by atoms with Gasteiger partial charge in [0.2, 0.25) is 15.9 Å².